The summed E-state index contributed by atoms with van der Waals surface area (Å²) in [5, 5.41) is 10.3. The predicted molar refractivity (Wildman–Crippen MR) is 171 cm³/mol. The smallest absolute Gasteiger partial charge is 0.258 e. The van der Waals surface area contributed by atoms with E-state index in [4.69, 9.17) is 14.2 Å². The maximum absolute atomic E-state index is 14.7. The van der Waals surface area contributed by atoms with Gasteiger partial charge in [-0.2, -0.15) is 5.10 Å². The van der Waals surface area contributed by atoms with E-state index in [0.717, 1.165) is 17.0 Å². The lowest BCUT2D eigenvalue weighted by molar-refractivity contribution is -0.134. The molecule has 2 aliphatic rings. The lowest BCUT2D eigenvalue weighted by Crippen LogP contribution is -2.58. The van der Waals surface area contributed by atoms with Gasteiger partial charge in [-0.3, -0.25) is 19.1 Å². The molecule has 2 N–H and O–H groups in total. The van der Waals surface area contributed by atoms with Crippen LogP contribution in [0.25, 0.3) is 11.1 Å². The van der Waals surface area contributed by atoms with E-state index in [1.165, 1.54) is 12.1 Å². The largest absolute Gasteiger partial charge is 0.496 e. The summed E-state index contributed by atoms with van der Waals surface area (Å²) >= 11 is 0. The first-order chi connectivity index (χ1) is 22.6. The summed E-state index contributed by atoms with van der Waals surface area (Å²) in [5.74, 6) is -0.190. The lowest BCUT2D eigenvalue weighted by Gasteiger charge is -2.39. The Kier molecular flexibility index (Phi) is 9.10. The molecule has 0 unspecified atom stereocenters. The first kappa shape index (κ1) is 31.6. The highest BCUT2D eigenvalue weighted by atomic mass is 19.1. The van der Waals surface area contributed by atoms with Gasteiger partial charge in [-0.1, -0.05) is 12.1 Å². The van der Waals surface area contributed by atoms with Crippen molar-refractivity contribution >= 4 is 17.7 Å². The van der Waals surface area contributed by atoms with Gasteiger partial charge >= 0.3 is 0 Å². The number of carbonyl (C=O) groups is 3. The third-order valence-corrected chi connectivity index (χ3v) is 8.29. The van der Waals surface area contributed by atoms with E-state index in [0.29, 0.717) is 41.2 Å². The average Bonchev–Trinajstić information content (AvgIpc) is 3.38. The monoisotopic (exact) mass is 641 g/mol. The number of piperidine rings is 1. The highest BCUT2D eigenvalue weighted by Crippen LogP contribution is 2.33. The molecule has 1 fully saturated rings. The fourth-order valence-electron chi connectivity index (χ4n) is 5.95. The molecule has 0 radical (unpaired) electrons. The van der Waals surface area contributed by atoms with Gasteiger partial charge in [0.25, 0.3) is 11.8 Å². The molecule has 244 valence electrons. The standard InChI is InChI=1S/C35H36FN5O6/c1-21-11-22(2)41(39-21)19-34(43)40-10-9-32-30(18-40)38-35(44)25-7-8-31(45-3)29(15-25)24-5-4-6-27(14-24)46-20-33(42)37-17-23-12-26(36)16-28(13-23)47-32/h4-8,11-16,30,32H,9-10,17-20H2,1-3H3,(H,37,42)(H,38,44)/t30-,32-/m1/s1. The van der Waals surface area contributed by atoms with Gasteiger partial charge < -0.3 is 29.7 Å². The van der Waals surface area contributed by atoms with Crippen LogP contribution < -0.4 is 24.8 Å². The van der Waals surface area contributed by atoms with E-state index in [-0.39, 0.29) is 49.7 Å². The van der Waals surface area contributed by atoms with Crippen LogP contribution in [0.4, 0.5) is 4.39 Å². The molecule has 3 amide bonds. The number of aryl methyl sites for hydroxylation is 2. The third kappa shape index (κ3) is 7.37. The average molecular weight is 642 g/mol. The number of halogens is 1. The van der Waals surface area contributed by atoms with E-state index in [1.54, 1.807) is 59.2 Å². The number of aromatic nitrogens is 2. The number of rotatable bonds is 3. The summed E-state index contributed by atoms with van der Waals surface area (Å²) in [6, 6.07) is 17.7. The van der Waals surface area contributed by atoms with Crippen molar-refractivity contribution in [2.75, 3.05) is 26.8 Å². The summed E-state index contributed by atoms with van der Waals surface area (Å²) in [6.45, 7) is 4.18. The molecular formula is C35H36FN5O6. The maximum Gasteiger partial charge on any atom is 0.258 e. The number of hydrogen-bond donors (Lipinski definition) is 2. The van der Waals surface area contributed by atoms with Gasteiger partial charge in [0.1, 0.15) is 35.7 Å². The van der Waals surface area contributed by atoms with Crippen molar-refractivity contribution in [1.29, 1.82) is 0 Å². The SMILES string of the molecule is COc1ccc2cc1-c1cccc(c1)OCC(=O)NCc1cc(F)cc(c1)O[C@@H]1CCN(C(=O)Cn3nc(C)cc3C)C[C@H]1NC2=O. The topological polar surface area (TPSA) is 124 Å². The number of likely N-dealkylation sites (tertiary alicyclic amines) is 1. The van der Waals surface area contributed by atoms with E-state index in [9.17, 15) is 18.8 Å². The Labute approximate surface area is 271 Å². The Bertz CT molecular complexity index is 1820. The first-order valence-electron chi connectivity index (χ1n) is 15.4. The van der Waals surface area contributed by atoms with E-state index in [1.807, 2.05) is 26.0 Å². The number of amides is 3. The summed E-state index contributed by atoms with van der Waals surface area (Å²) in [4.78, 5) is 41.6. The van der Waals surface area contributed by atoms with Gasteiger partial charge in [0.2, 0.25) is 5.91 Å². The minimum absolute atomic E-state index is 0.0544. The van der Waals surface area contributed by atoms with Gasteiger partial charge in [0, 0.05) is 48.9 Å². The van der Waals surface area contributed by atoms with Crippen molar-refractivity contribution in [3.05, 3.63) is 95.1 Å². The predicted octanol–water partition coefficient (Wildman–Crippen LogP) is 3.80. The Morgan fingerprint density at radius 3 is 2.68 bits per heavy atom. The second-order valence-electron chi connectivity index (χ2n) is 11.8. The molecule has 1 aromatic heterocycles. The number of carbonyl (C=O) groups excluding carboxylic acids is 3. The van der Waals surface area contributed by atoms with Crippen molar-refractivity contribution in [3.8, 4) is 28.4 Å². The van der Waals surface area contributed by atoms with Gasteiger partial charge in [0.05, 0.1) is 18.8 Å². The van der Waals surface area contributed by atoms with Crippen LogP contribution in [0.3, 0.4) is 0 Å². The molecule has 11 nitrogen and oxygen atoms in total. The fourth-order valence-corrected chi connectivity index (χ4v) is 5.95. The minimum Gasteiger partial charge on any atom is -0.496 e. The molecule has 47 heavy (non-hydrogen) atoms. The van der Waals surface area contributed by atoms with Crippen molar-refractivity contribution in [3.63, 3.8) is 0 Å². The fraction of sp³-hybridized carbons (Fsp3) is 0.314. The molecular weight excluding hydrogens is 605 g/mol. The van der Waals surface area contributed by atoms with Gasteiger partial charge in [0.15, 0.2) is 6.61 Å². The number of nitrogens with zero attached hydrogens (tertiary/aromatic N) is 3. The number of fused-ring (bicyclic) bond motifs is 8. The van der Waals surface area contributed by atoms with E-state index < -0.39 is 18.0 Å². The molecule has 0 aliphatic carbocycles. The first-order valence-corrected chi connectivity index (χ1v) is 15.4. The minimum atomic E-state index is -0.628. The van der Waals surface area contributed by atoms with Crippen LogP contribution in [0.1, 0.15) is 33.7 Å². The Morgan fingerprint density at radius 1 is 1.04 bits per heavy atom. The van der Waals surface area contributed by atoms with Crippen molar-refractivity contribution in [2.24, 2.45) is 0 Å². The molecule has 3 heterocycles. The molecule has 1 saturated heterocycles. The number of methoxy groups -OCH3 is 1. The summed E-state index contributed by atoms with van der Waals surface area (Å²) in [7, 11) is 1.55. The molecule has 2 aliphatic heterocycles. The molecule has 6 rings (SSSR count). The van der Waals surface area contributed by atoms with Crippen LogP contribution in [0, 0.1) is 19.7 Å². The molecule has 0 saturated carbocycles. The van der Waals surface area contributed by atoms with Crippen molar-refractivity contribution in [2.45, 2.75) is 45.5 Å². The highest BCUT2D eigenvalue weighted by Gasteiger charge is 2.35. The zero-order valence-electron chi connectivity index (χ0n) is 26.4. The van der Waals surface area contributed by atoms with Crippen molar-refractivity contribution in [1.82, 2.24) is 25.3 Å². The van der Waals surface area contributed by atoms with E-state index in [2.05, 4.69) is 15.7 Å². The van der Waals surface area contributed by atoms with Crippen LogP contribution in [0.15, 0.2) is 66.7 Å². The van der Waals surface area contributed by atoms with Crippen LogP contribution >= 0.6 is 0 Å². The quantitative estimate of drug-likeness (QED) is 0.349. The number of benzene rings is 3. The number of hydrogen-bond acceptors (Lipinski definition) is 7. The van der Waals surface area contributed by atoms with Crippen LogP contribution in [0.5, 0.6) is 17.2 Å². The van der Waals surface area contributed by atoms with Crippen LogP contribution in [-0.4, -0.2) is 71.4 Å². The zero-order chi connectivity index (χ0) is 33.1. The number of nitrogens with one attached hydrogen (secondary N) is 2. The molecule has 12 heteroatoms. The Hall–Kier alpha value is -5.39. The molecule has 4 aromatic rings. The van der Waals surface area contributed by atoms with Crippen LogP contribution in [-0.2, 0) is 22.7 Å². The van der Waals surface area contributed by atoms with Gasteiger partial charge in [-0.15, -0.1) is 0 Å². The third-order valence-electron chi connectivity index (χ3n) is 8.29. The molecule has 6 bridgehead atoms. The molecule has 0 spiro atoms. The summed E-state index contributed by atoms with van der Waals surface area (Å²) < 4.78 is 34.0. The maximum atomic E-state index is 14.7. The van der Waals surface area contributed by atoms with E-state index >= 15 is 0 Å². The van der Waals surface area contributed by atoms with Crippen molar-refractivity contribution < 1.29 is 33.0 Å². The van der Waals surface area contributed by atoms with Crippen LogP contribution in [0.2, 0.25) is 0 Å². The highest BCUT2D eigenvalue weighted by molar-refractivity contribution is 5.96. The molecule has 3 aromatic carbocycles. The van der Waals surface area contributed by atoms with Gasteiger partial charge in [-0.25, -0.2) is 4.39 Å². The summed E-state index contributed by atoms with van der Waals surface area (Å²) in [5.41, 5.74) is 3.93. The second-order valence-corrected chi connectivity index (χ2v) is 11.8. The molecule has 2 atom stereocenters. The van der Waals surface area contributed by atoms with Gasteiger partial charge in [-0.05, 0) is 73.5 Å². The summed E-state index contributed by atoms with van der Waals surface area (Å²) in [6.07, 6.45) is -0.195. The second kappa shape index (κ2) is 13.5. The number of ether oxygens (including phenoxy) is 3. The normalized spacial score (nSPS) is 18.3. The Morgan fingerprint density at radius 2 is 1.89 bits per heavy atom. The zero-order valence-corrected chi connectivity index (χ0v) is 26.4. The Balaban J connectivity index is 1.34. The lowest BCUT2D eigenvalue weighted by atomic mass is 9.99.